The lowest BCUT2D eigenvalue weighted by Crippen LogP contribution is -2.21. The largest absolute Gasteiger partial charge is 0.508 e. The summed E-state index contributed by atoms with van der Waals surface area (Å²) in [7, 11) is 0. The van der Waals surface area contributed by atoms with Gasteiger partial charge in [-0.3, -0.25) is 0 Å². The molecule has 2 nitrogen and oxygen atoms in total. The fraction of sp³-hybridized carbons (Fsp3) is 0.538. The molecule has 0 heterocycles. The molecule has 1 atom stereocenters. The summed E-state index contributed by atoms with van der Waals surface area (Å²) in [5.74, 6) is 0.265. The van der Waals surface area contributed by atoms with Crippen LogP contribution in [0.3, 0.4) is 0 Å². The average molecular weight is 225 g/mol. The lowest BCUT2D eigenvalue weighted by atomic mass is 10.1. The molecular formula is C13H20FNO. The fourth-order valence-corrected chi connectivity index (χ4v) is 1.58. The fourth-order valence-electron chi connectivity index (χ4n) is 1.58. The number of hydrogen-bond donors (Lipinski definition) is 2. The molecule has 1 aromatic rings. The number of halogens is 1. The Morgan fingerprint density at radius 3 is 2.56 bits per heavy atom. The second-order valence-electron chi connectivity index (χ2n) is 4.56. The average Bonchev–Trinajstić information content (AvgIpc) is 2.16. The molecule has 0 aliphatic rings. The first kappa shape index (κ1) is 13.0. The van der Waals surface area contributed by atoms with Crippen molar-refractivity contribution in [2.24, 2.45) is 5.92 Å². The van der Waals surface area contributed by atoms with Gasteiger partial charge >= 0.3 is 0 Å². The standard InChI is InChI=1S/C13H20FNO/c1-9(2)6-7-15-10(3)12-5-4-11(14)8-13(12)16/h4-5,8-10,15-16H,6-7H2,1-3H3. The van der Waals surface area contributed by atoms with Crippen LogP contribution >= 0.6 is 0 Å². The molecule has 0 spiro atoms. The van der Waals surface area contributed by atoms with Gasteiger partial charge in [0.2, 0.25) is 0 Å². The zero-order valence-electron chi connectivity index (χ0n) is 10.1. The summed E-state index contributed by atoms with van der Waals surface area (Å²) in [6.07, 6.45) is 1.09. The molecule has 90 valence electrons. The molecule has 0 aliphatic heterocycles. The van der Waals surface area contributed by atoms with Gasteiger partial charge in [-0.15, -0.1) is 0 Å². The van der Waals surface area contributed by atoms with E-state index in [2.05, 4.69) is 19.2 Å². The Morgan fingerprint density at radius 1 is 1.31 bits per heavy atom. The molecule has 0 radical (unpaired) electrons. The van der Waals surface area contributed by atoms with Gasteiger partial charge < -0.3 is 10.4 Å². The van der Waals surface area contributed by atoms with E-state index >= 15 is 0 Å². The lowest BCUT2D eigenvalue weighted by molar-refractivity contribution is 0.440. The summed E-state index contributed by atoms with van der Waals surface area (Å²) in [5.41, 5.74) is 0.741. The molecule has 16 heavy (non-hydrogen) atoms. The van der Waals surface area contributed by atoms with E-state index in [1.54, 1.807) is 6.07 Å². The number of benzene rings is 1. The number of phenols is 1. The highest BCUT2D eigenvalue weighted by Gasteiger charge is 2.10. The predicted octanol–water partition coefficient (Wildman–Crippen LogP) is 3.23. The number of nitrogens with one attached hydrogen (secondary N) is 1. The van der Waals surface area contributed by atoms with Gasteiger partial charge in [0, 0.05) is 17.7 Å². The van der Waals surface area contributed by atoms with Crippen molar-refractivity contribution in [3.8, 4) is 5.75 Å². The Balaban J connectivity index is 2.55. The van der Waals surface area contributed by atoms with Crippen molar-refractivity contribution in [3.05, 3.63) is 29.6 Å². The van der Waals surface area contributed by atoms with Gasteiger partial charge in [0.25, 0.3) is 0 Å². The van der Waals surface area contributed by atoms with Crippen molar-refractivity contribution in [1.29, 1.82) is 0 Å². The molecule has 0 saturated carbocycles. The normalized spacial score (nSPS) is 13.1. The highest BCUT2D eigenvalue weighted by molar-refractivity contribution is 5.34. The van der Waals surface area contributed by atoms with Crippen molar-refractivity contribution in [1.82, 2.24) is 5.32 Å². The number of hydrogen-bond acceptors (Lipinski definition) is 2. The van der Waals surface area contributed by atoms with E-state index in [0.29, 0.717) is 5.92 Å². The highest BCUT2D eigenvalue weighted by atomic mass is 19.1. The topological polar surface area (TPSA) is 32.3 Å². The van der Waals surface area contributed by atoms with Crippen LogP contribution in [0.5, 0.6) is 5.75 Å². The van der Waals surface area contributed by atoms with Crippen molar-refractivity contribution >= 4 is 0 Å². The zero-order valence-corrected chi connectivity index (χ0v) is 10.1. The monoisotopic (exact) mass is 225 g/mol. The van der Waals surface area contributed by atoms with Crippen LogP contribution in [-0.4, -0.2) is 11.7 Å². The first-order valence-electron chi connectivity index (χ1n) is 5.72. The molecule has 1 rings (SSSR count). The molecule has 1 aromatic carbocycles. The summed E-state index contributed by atoms with van der Waals surface area (Å²) in [5, 5.41) is 12.9. The first-order valence-corrected chi connectivity index (χ1v) is 5.72. The summed E-state index contributed by atoms with van der Waals surface area (Å²) >= 11 is 0. The van der Waals surface area contributed by atoms with E-state index in [0.717, 1.165) is 24.6 Å². The van der Waals surface area contributed by atoms with E-state index < -0.39 is 5.82 Å². The SMILES string of the molecule is CC(C)CCNC(C)c1ccc(F)cc1O. The Bertz CT molecular complexity index is 339. The highest BCUT2D eigenvalue weighted by Crippen LogP contribution is 2.24. The lowest BCUT2D eigenvalue weighted by Gasteiger charge is -2.16. The van der Waals surface area contributed by atoms with Crippen LogP contribution in [0.2, 0.25) is 0 Å². The van der Waals surface area contributed by atoms with E-state index in [-0.39, 0.29) is 11.8 Å². The maximum atomic E-state index is 12.8. The van der Waals surface area contributed by atoms with Gasteiger partial charge in [0.05, 0.1) is 0 Å². The van der Waals surface area contributed by atoms with Gasteiger partial charge in [-0.1, -0.05) is 19.9 Å². The minimum Gasteiger partial charge on any atom is -0.508 e. The van der Waals surface area contributed by atoms with E-state index in [1.165, 1.54) is 6.07 Å². The molecular weight excluding hydrogens is 205 g/mol. The van der Waals surface area contributed by atoms with Crippen LogP contribution in [0.15, 0.2) is 18.2 Å². The van der Waals surface area contributed by atoms with Gasteiger partial charge in [-0.25, -0.2) is 4.39 Å². The third-order valence-corrected chi connectivity index (χ3v) is 2.63. The van der Waals surface area contributed by atoms with Crippen molar-refractivity contribution in [2.75, 3.05) is 6.54 Å². The van der Waals surface area contributed by atoms with Crippen molar-refractivity contribution < 1.29 is 9.50 Å². The molecule has 0 aliphatic carbocycles. The second-order valence-corrected chi connectivity index (χ2v) is 4.56. The number of aromatic hydroxyl groups is 1. The van der Waals surface area contributed by atoms with Crippen LogP contribution in [0.1, 0.15) is 38.8 Å². The summed E-state index contributed by atoms with van der Waals surface area (Å²) < 4.78 is 12.8. The minimum atomic E-state index is -0.407. The molecule has 2 N–H and O–H groups in total. The molecule has 0 saturated heterocycles. The molecule has 0 bridgehead atoms. The quantitative estimate of drug-likeness (QED) is 0.806. The summed E-state index contributed by atoms with van der Waals surface area (Å²) in [4.78, 5) is 0. The maximum Gasteiger partial charge on any atom is 0.126 e. The Morgan fingerprint density at radius 2 is 2.00 bits per heavy atom. The Kier molecular flexibility index (Phi) is 4.74. The van der Waals surface area contributed by atoms with Crippen molar-refractivity contribution in [2.45, 2.75) is 33.2 Å². The summed E-state index contributed by atoms with van der Waals surface area (Å²) in [6.45, 7) is 7.20. The minimum absolute atomic E-state index is 0.0181. The first-order chi connectivity index (χ1) is 7.50. The third kappa shape index (κ3) is 3.81. The number of rotatable bonds is 5. The van der Waals surface area contributed by atoms with Gasteiger partial charge in [-0.2, -0.15) is 0 Å². The van der Waals surface area contributed by atoms with Crippen LogP contribution in [0.4, 0.5) is 4.39 Å². The van der Waals surface area contributed by atoms with E-state index in [1.807, 2.05) is 6.92 Å². The van der Waals surface area contributed by atoms with Crippen molar-refractivity contribution in [3.63, 3.8) is 0 Å². The van der Waals surface area contributed by atoms with E-state index in [9.17, 15) is 9.50 Å². The molecule has 0 aromatic heterocycles. The molecule has 0 amide bonds. The predicted molar refractivity (Wildman–Crippen MR) is 63.9 cm³/mol. The van der Waals surface area contributed by atoms with Crippen LogP contribution in [0.25, 0.3) is 0 Å². The van der Waals surface area contributed by atoms with Gasteiger partial charge in [0.1, 0.15) is 11.6 Å². The smallest absolute Gasteiger partial charge is 0.126 e. The Labute approximate surface area is 96.5 Å². The Hall–Kier alpha value is -1.09. The molecule has 3 heteroatoms. The van der Waals surface area contributed by atoms with Crippen LogP contribution in [-0.2, 0) is 0 Å². The summed E-state index contributed by atoms with van der Waals surface area (Å²) in [6, 6.07) is 4.18. The molecule has 0 fully saturated rings. The van der Waals surface area contributed by atoms with Gasteiger partial charge in [-0.05, 0) is 31.9 Å². The molecule has 1 unspecified atom stereocenters. The maximum absolute atomic E-state index is 12.8. The third-order valence-electron chi connectivity index (χ3n) is 2.63. The van der Waals surface area contributed by atoms with Crippen LogP contribution < -0.4 is 5.32 Å². The van der Waals surface area contributed by atoms with Gasteiger partial charge in [0.15, 0.2) is 0 Å². The zero-order chi connectivity index (χ0) is 12.1. The number of phenolic OH excluding ortho intramolecular Hbond substituents is 1. The van der Waals surface area contributed by atoms with E-state index in [4.69, 9.17) is 0 Å². The van der Waals surface area contributed by atoms with Crippen LogP contribution in [0, 0.1) is 11.7 Å². The second kappa shape index (κ2) is 5.85.